The fraction of sp³-hybridized carbons (Fsp3) is 0.353. The first-order valence-electron chi connectivity index (χ1n) is 16.0. The number of fused-ring (bicyclic) bond motifs is 1. The van der Waals surface area contributed by atoms with Gasteiger partial charge in [-0.05, 0) is 69.7 Å². The van der Waals surface area contributed by atoms with Crippen LogP contribution in [0.2, 0.25) is 0 Å². The molecule has 2 atom stereocenters. The van der Waals surface area contributed by atoms with E-state index in [-0.39, 0.29) is 61.8 Å². The number of nitrogens with two attached hydrogens (primary N) is 1. The smallest absolute Gasteiger partial charge is 0.262 e. The number of anilines is 1. The summed E-state index contributed by atoms with van der Waals surface area (Å²) in [7, 11) is 0. The van der Waals surface area contributed by atoms with Crippen molar-refractivity contribution in [2.24, 2.45) is 10.7 Å². The van der Waals surface area contributed by atoms with Gasteiger partial charge in [0.1, 0.15) is 17.7 Å². The van der Waals surface area contributed by atoms with Crippen LogP contribution in [0.4, 0.5) is 11.4 Å². The predicted molar refractivity (Wildman–Crippen MR) is 182 cm³/mol. The molecule has 2 aromatic carbocycles. The lowest BCUT2D eigenvalue weighted by atomic mass is 9.88. The molecule has 0 radical (unpaired) electrons. The van der Waals surface area contributed by atoms with Crippen LogP contribution in [0.25, 0.3) is 10.9 Å². The molecule has 3 aromatic rings. The summed E-state index contributed by atoms with van der Waals surface area (Å²) in [6.45, 7) is 3.25. The van der Waals surface area contributed by atoms with E-state index in [9.17, 15) is 33.6 Å². The number of carbonyl (C=O) groups is 7. The van der Waals surface area contributed by atoms with Gasteiger partial charge in [0.2, 0.25) is 42.4 Å². The molecule has 2 fully saturated rings. The first-order valence-corrected chi connectivity index (χ1v) is 16.0. The molecule has 2 aliphatic rings. The van der Waals surface area contributed by atoms with Crippen LogP contribution >= 0.6 is 0 Å². The minimum Gasteiger partial charge on any atom is -0.372 e. The minimum absolute atomic E-state index is 0.133. The summed E-state index contributed by atoms with van der Waals surface area (Å²) in [5.41, 5.74) is 6.28. The first-order chi connectivity index (χ1) is 24.0. The zero-order valence-corrected chi connectivity index (χ0v) is 27.6. The number of aliphatic imine (C=N–C) groups is 1. The highest BCUT2D eigenvalue weighted by molar-refractivity contribution is 6.04. The predicted octanol–water partition coefficient (Wildman–Crippen LogP) is 1.45. The van der Waals surface area contributed by atoms with E-state index in [1.807, 2.05) is 12.1 Å². The van der Waals surface area contributed by atoms with E-state index < -0.39 is 23.8 Å². The van der Waals surface area contributed by atoms with E-state index >= 15 is 0 Å². The van der Waals surface area contributed by atoms with E-state index in [4.69, 9.17) is 4.79 Å². The molecule has 2 aliphatic heterocycles. The van der Waals surface area contributed by atoms with Crippen molar-refractivity contribution >= 4 is 70.5 Å². The molecule has 7 amide bonds. The van der Waals surface area contributed by atoms with Crippen LogP contribution in [0.15, 0.2) is 46.2 Å². The monoisotopic (exact) mass is 686 g/mol. The van der Waals surface area contributed by atoms with Gasteiger partial charge in [0.15, 0.2) is 0 Å². The van der Waals surface area contributed by atoms with Gasteiger partial charge in [-0.2, -0.15) is 0 Å². The fourth-order valence-electron chi connectivity index (χ4n) is 6.13. The Balaban J connectivity index is 0.00000181. The second kappa shape index (κ2) is 16.9. The van der Waals surface area contributed by atoms with Crippen LogP contribution in [0, 0.1) is 6.92 Å². The number of nitrogens with zero attached hydrogens (tertiary/aromatic N) is 3. The molecule has 6 N–H and O–H groups in total. The van der Waals surface area contributed by atoms with Gasteiger partial charge >= 0.3 is 0 Å². The van der Waals surface area contributed by atoms with Crippen molar-refractivity contribution in [2.45, 2.75) is 77.2 Å². The van der Waals surface area contributed by atoms with E-state index in [0.717, 1.165) is 5.56 Å². The maximum absolute atomic E-state index is 13.7. The van der Waals surface area contributed by atoms with Crippen molar-refractivity contribution in [1.82, 2.24) is 25.5 Å². The maximum Gasteiger partial charge on any atom is 0.262 e. The fourth-order valence-corrected chi connectivity index (χ4v) is 6.13. The van der Waals surface area contributed by atoms with Crippen LogP contribution in [0.1, 0.15) is 80.8 Å². The summed E-state index contributed by atoms with van der Waals surface area (Å²) in [4.78, 5) is 104. The molecular formula is C34H38N8O8. The third kappa shape index (κ3) is 8.69. The summed E-state index contributed by atoms with van der Waals surface area (Å²) in [5, 5.41) is 10.4. The van der Waals surface area contributed by atoms with Gasteiger partial charge in [-0.25, -0.2) is 9.98 Å². The Morgan fingerprint density at radius 2 is 1.68 bits per heavy atom. The number of carbonyl (C=O) groups excluding carboxylic acids is 7. The number of hydrogen-bond donors (Lipinski definition) is 5. The molecule has 5 rings (SSSR count). The molecule has 16 heteroatoms. The molecule has 50 heavy (non-hydrogen) atoms. The van der Waals surface area contributed by atoms with Gasteiger partial charge in [0.25, 0.3) is 5.56 Å². The Kier molecular flexibility index (Phi) is 12.4. The molecule has 2 saturated heterocycles. The molecule has 262 valence electrons. The lowest BCUT2D eigenvalue weighted by Gasteiger charge is -2.25. The number of piperidine rings is 2. The van der Waals surface area contributed by atoms with Crippen LogP contribution in [0.3, 0.4) is 0 Å². The highest BCUT2D eigenvalue weighted by atomic mass is 16.2. The van der Waals surface area contributed by atoms with Crippen molar-refractivity contribution in [3.63, 3.8) is 0 Å². The minimum atomic E-state index is -0.826. The number of amides is 7. The van der Waals surface area contributed by atoms with Gasteiger partial charge in [0, 0.05) is 30.5 Å². The molecule has 2 unspecified atom stereocenters. The van der Waals surface area contributed by atoms with Gasteiger partial charge in [0.05, 0.1) is 22.5 Å². The highest BCUT2D eigenvalue weighted by Gasteiger charge is 2.33. The Morgan fingerprint density at radius 3 is 2.36 bits per heavy atom. The molecule has 0 bridgehead atoms. The number of amidine groups is 1. The average molecular weight is 687 g/mol. The highest BCUT2D eigenvalue weighted by Crippen LogP contribution is 2.38. The number of nitrogens with one attached hydrogen (secondary N) is 4. The summed E-state index contributed by atoms with van der Waals surface area (Å²) in [5.74, 6) is -2.11. The Morgan fingerprint density at radius 1 is 1.00 bits per heavy atom. The Bertz CT molecular complexity index is 1940. The van der Waals surface area contributed by atoms with Crippen molar-refractivity contribution in [3.8, 4) is 0 Å². The van der Waals surface area contributed by atoms with Crippen LogP contribution in [0.5, 0.6) is 0 Å². The van der Waals surface area contributed by atoms with Crippen LogP contribution < -0.4 is 32.6 Å². The Labute approximate surface area is 286 Å². The lowest BCUT2D eigenvalue weighted by Crippen LogP contribution is -2.45. The zero-order valence-electron chi connectivity index (χ0n) is 27.6. The van der Waals surface area contributed by atoms with Crippen LogP contribution in [-0.2, 0) is 40.0 Å². The molecule has 0 spiro atoms. The normalized spacial score (nSPS) is 17.6. The number of aryl methyl sites for hydroxylation is 2. The number of unbranched alkanes of at least 4 members (excludes halogenated alkanes) is 1. The second-order valence-electron chi connectivity index (χ2n) is 11.7. The summed E-state index contributed by atoms with van der Waals surface area (Å²) in [6, 6.07) is 9.56. The molecular weight excluding hydrogens is 648 g/mol. The van der Waals surface area contributed by atoms with Crippen molar-refractivity contribution in [3.05, 3.63) is 63.7 Å². The van der Waals surface area contributed by atoms with Crippen molar-refractivity contribution in [1.29, 1.82) is 0 Å². The number of aromatic nitrogens is 2. The van der Waals surface area contributed by atoms with Crippen molar-refractivity contribution < 1.29 is 33.6 Å². The van der Waals surface area contributed by atoms with E-state index in [0.29, 0.717) is 65.2 Å². The van der Waals surface area contributed by atoms with Gasteiger partial charge < -0.3 is 16.4 Å². The number of benzene rings is 2. The van der Waals surface area contributed by atoms with E-state index in [1.54, 1.807) is 38.1 Å². The largest absolute Gasteiger partial charge is 0.372 e. The average Bonchev–Trinajstić information content (AvgIpc) is 3.05. The quantitative estimate of drug-likeness (QED) is 0.0681. The Hall–Kier alpha value is -6.06. The summed E-state index contributed by atoms with van der Waals surface area (Å²) >= 11 is 0. The van der Waals surface area contributed by atoms with Gasteiger partial charge in [-0.1, -0.05) is 18.2 Å². The SMILES string of the molecule is CC(=Nc1cccc(NC(=O)CCCCc2cccc3nc(C)n(C4CCC(=O)NC4=O)c(=O)c23)c1C1CCC(=O)NC1=O)NC=O.NC=O. The van der Waals surface area contributed by atoms with Crippen LogP contribution in [-0.4, -0.2) is 57.7 Å². The number of hydrogen-bond acceptors (Lipinski definition) is 10. The first kappa shape index (κ1) is 36.8. The number of rotatable bonds is 10. The third-order valence-corrected chi connectivity index (χ3v) is 8.31. The molecule has 16 nitrogen and oxygen atoms in total. The molecule has 0 saturated carbocycles. The lowest BCUT2D eigenvalue weighted by molar-refractivity contribution is -0.136. The zero-order chi connectivity index (χ0) is 36.4. The standard InChI is InChI=1S/C33H35N7O7.CH3NO/c1-18(34-17-41)35-23-10-6-11-24(30(23)21-13-15-27(43)38-31(21)45)37-26(42)12-4-3-7-20-8-5-9-22-29(20)33(47)40(19(2)36-22)25-14-16-28(44)39-32(25)46;2-1-3/h5-6,8-11,17,21,25H,3-4,7,12-16H2,1-2H3,(H,37,42)(H,34,35,41)(H,38,43,45)(H,39,44,46);1H,(H2,2,3). The topological polar surface area (TPSA) is 241 Å². The van der Waals surface area contributed by atoms with E-state index in [1.165, 1.54) is 4.57 Å². The third-order valence-electron chi connectivity index (χ3n) is 8.31. The number of imide groups is 2. The number of primary amides is 1. The molecule has 1 aromatic heterocycles. The molecule has 3 heterocycles. The maximum atomic E-state index is 13.7. The summed E-state index contributed by atoms with van der Waals surface area (Å²) < 4.78 is 1.36. The van der Waals surface area contributed by atoms with Gasteiger partial charge in [-0.15, -0.1) is 0 Å². The summed E-state index contributed by atoms with van der Waals surface area (Å²) in [6.07, 6.45) is 3.14. The van der Waals surface area contributed by atoms with E-state index in [2.05, 4.69) is 37.0 Å². The van der Waals surface area contributed by atoms with Gasteiger partial charge in [-0.3, -0.25) is 53.6 Å². The van der Waals surface area contributed by atoms with Crippen molar-refractivity contribution in [2.75, 3.05) is 5.32 Å². The second-order valence-corrected chi connectivity index (χ2v) is 11.7. The molecule has 0 aliphatic carbocycles.